The summed E-state index contributed by atoms with van der Waals surface area (Å²) in [7, 11) is -3.54. The molecule has 0 heterocycles. The number of aryl methyl sites for hydroxylation is 1. The number of para-hydroxylation sites is 1. The smallest absolute Gasteiger partial charge is 0.243 e. The molecule has 9 heteroatoms. The molecule has 1 N–H and O–H groups in total. The zero-order valence-corrected chi connectivity index (χ0v) is 23.6. The molecule has 0 spiro atoms. The van der Waals surface area contributed by atoms with Crippen LogP contribution in [0.25, 0.3) is 0 Å². The van der Waals surface area contributed by atoms with E-state index in [9.17, 15) is 18.0 Å². The van der Waals surface area contributed by atoms with Gasteiger partial charge in [-0.3, -0.25) is 13.9 Å². The summed E-state index contributed by atoms with van der Waals surface area (Å²) in [6.45, 7) is 9.73. The minimum absolute atomic E-state index is 0.0850. The fourth-order valence-corrected chi connectivity index (χ4v) is 5.23. The summed E-state index contributed by atoms with van der Waals surface area (Å²) in [6.07, 6.45) is 1.98. The fraction of sp³-hybridized carbons (Fsp3) is 0.481. The van der Waals surface area contributed by atoms with Crippen LogP contribution < -0.4 is 9.62 Å². The maximum absolute atomic E-state index is 13.5. The number of carbonyl (C=O) groups excluding carboxylic acids is 2. The van der Waals surface area contributed by atoms with Crippen molar-refractivity contribution in [1.82, 2.24) is 10.2 Å². The minimum atomic E-state index is -3.54. The Morgan fingerprint density at radius 1 is 1.06 bits per heavy atom. The van der Waals surface area contributed by atoms with Gasteiger partial charge in [-0.05, 0) is 63.8 Å². The summed E-state index contributed by atoms with van der Waals surface area (Å²) < 4.78 is 26.4. The molecule has 2 aromatic carbocycles. The third-order valence-electron chi connectivity index (χ3n) is 5.72. The predicted molar refractivity (Wildman–Crippen MR) is 147 cm³/mol. The maximum Gasteiger partial charge on any atom is 0.243 e. The van der Waals surface area contributed by atoms with Crippen LogP contribution in [0.1, 0.15) is 58.1 Å². The van der Waals surface area contributed by atoms with Gasteiger partial charge >= 0.3 is 0 Å². The Bertz CT molecular complexity index is 1160. The lowest BCUT2D eigenvalue weighted by molar-refractivity contribution is -0.142. The Kier molecular flexibility index (Phi) is 10.4. The molecule has 1 atom stereocenters. The highest BCUT2D eigenvalue weighted by atomic mass is 35.5. The van der Waals surface area contributed by atoms with Crippen LogP contribution >= 0.6 is 11.6 Å². The number of anilines is 1. The first kappa shape index (κ1) is 29.6. The molecule has 0 aliphatic rings. The number of nitrogens with zero attached hydrogens (tertiary/aromatic N) is 2. The third kappa shape index (κ3) is 8.52. The molecule has 7 nitrogen and oxygen atoms in total. The van der Waals surface area contributed by atoms with Crippen molar-refractivity contribution in [2.75, 3.05) is 17.1 Å². The van der Waals surface area contributed by atoms with Crippen molar-refractivity contribution in [3.05, 3.63) is 64.7 Å². The van der Waals surface area contributed by atoms with Gasteiger partial charge in [0.05, 0.1) is 11.9 Å². The monoisotopic (exact) mass is 535 g/mol. The first-order valence-corrected chi connectivity index (χ1v) is 14.4. The van der Waals surface area contributed by atoms with Gasteiger partial charge < -0.3 is 10.2 Å². The van der Waals surface area contributed by atoms with E-state index < -0.39 is 21.6 Å². The molecule has 0 radical (unpaired) electrons. The van der Waals surface area contributed by atoms with Crippen molar-refractivity contribution in [2.24, 2.45) is 0 Å². The van der Waals surface area contributed by atoms with Gasteiger partial charge in [0.2, 0.25) is 21.8 Å². The lowest BCUT2D eigenvalue weighted by atomic mass is 10.0. The molecular formula is C27H38ClN3O4S. The molecule has 0 aliphatic heterocycles. The van der Waals surface area contributed by atoms with Crippen LogP contribution in [0, 0.1) is 6.92 Å². The van der Waals surface area contributed by atoms with Gasteiger partial charge in [-0.25, -0.2) is 8.42 Å². The van der Waals surface area contributed by atoms with Crippen LogP contribution in [0.4, 0.5) is 5.69 Å². The van der Waals surface area contributed by atoms with Gasteiger partial charge in [0, 0.05) is 30.1 Å². The maximum atomic E-state index is 13.5. The Morgan fingerprint density at radius 3 is 2.22 bits per heavy atom. The molecule has 0 saturated carbocycles. The number of benzene rings is 2. The van der Waals surface area contributed by atoms with Gasteiger partial charge in [0.1, 0.15) is 6.04 Å². The van der Waals surface area contributed by atoms with E-state index >= 15 is 0 Å². The van der Waals surface area contributed by atoms with Crippen LogP contribution in [-0.4, -0.2) is 49.5 Å². The quantitative estimate of drug-likeness (QED) is 0.442. The highest BCUT2D eigenvalue weighted by Gasteiger charge is 2.31. The molecule has 0 aromatic heterocycles. The molecule has 0 saturated heterocycles. The second-order valence-corrected chi connectivity index (χ2v) is 12.3. The summed E-state index contributed by atoms with van der Waals surface area (Å²) in [6, 6.07) is 13.8. The number of amides is 2. The van der Waals surface area contributed by atoms with Crippen molar-refractivity contribution in [1.29, 1.82) is 0 Å². The van der Waals surface area contributed by atoms with Crippen molar-refractivity contribution >= 4 is 39.1 Å². The molecular weight excluding hydrogens is 498 g/mol. The lowest BCUT2D eigenvalue weighted by Gasteiger charge is -2.33. The average Bonchev–Trinajstić information content (AvgIpc) is 2.76. The van der Waals surface area contributed by atoms with Crippen LogP contribution in [-0.2, 0) is 26.2 Å². The van der Waals surface area contributed by atoms with E-state index in [-0.39, 0.29) is 31.3 Å². The summed E-state index contributed by atoms with van der Waals surface area (Å²) in [5.74, 6) is -0.466. The van der Waals surface area contributed by atoms with Crippen LogP contribution in [0.3, 0.4) is 0 Å². The van der Waals surface area contributed by atoms with E-state index in [1.54, 1.807) is 23.1 Å². The van der Waals surface area contributed by atoms with Crippen LogP contribution in [0.15, 0.2) is 48.5 Å². The first-order valence-electron chi connectivity index (χ1n) is 12.1. The summed E-state index contributed by atoms with van der Waals surface area (Å²) in [4.78, 5) is 28.2. The molecule has 2 aromatic rings. The SMILES string of the molecule is CC[C@H](C(=O)NC(C)(C)C)N(Cc1ccccc1Cl)C(=O)CCCN(c1ccccc1C)S(C)(=O)=O. The van der Waals surface area contributed by atoms with E-state index in [2.05, 4.69) is 5.32 Å². The molecule has 0 fully saturated rings. The number of sulfonamides is 1. The molecule has 2 rings (SSSR count). The molecule has 0 bridgehead atoms. The molecule has 0 unspecified atom stereocenters. The zero-order valence-electron chi connectivity index (χ0n) is 22.0. The van der Waals surface area contributed by atoms with E-state index in [0.717, 1.165) is 17.4 Å². The van der Waals surface area contributed by atoms with Crippen molar-refractivity contribution in [2.45, 2.75) is 72.0 Å². The van der Waals surface area contributed by atoms with Crippen LogP contribution in [0.2, 0.25) is 5.02 Å². The summed E-state index contributed by atoms with van der Waals surface area (Å²) in [5.41, 5.74) is 1.72. The molecule has 198 valence electrons. The van der Waals surface area contributed by atoms with Gasteiger partial charge in [0.15, 0.2) is 0 Å². The molecule has 2 amide bonds. The Morgan fingerprint density at radius 2 is 1.67 bits per heavy atom. The number of carbonyl (C=O) groups is 2. The zero-order chi connectivity index (χ0) is 27.1. The number of halogens is 1. The van der Waals surface area contributed by atoms with E-state index in [4.69, 9.17) is 11.6 Å². The largest absolute Gasteiger partial charge is 0.350 e. The predicted octanol–water partition coefficient (Wildman–Crippen LogP) is 4.92. The molecule has 0 aliphatic carbocycles. The van der Waals surface area contributed by atoms with Crippen molar-refractivity contribution in [3.8, 4) is 0 Å². The van der Waals surface area contributed by atoms with E-state index in [0.29, 0.717) is 23.6 Å². The second kappa shape index (κ2) is 12.6. The fourth-order valence-electron chi connectivity index (χ4n) is 4.01. The average molecular weight is 536 g/mol. The summed E-state index contributed by atoms with van der Waals surface area (Å²) >= 11 is 6.37. The van der Waals surface area contributed by atoms with Gasteiger partial charge in [-0.15, -0.1) is 0 Å². The second-order valence-electron chi connectivity index (χ2n) is 10.0. The number of rotatable bonds is 11. The standard InChI is InChI=1S/C27H38ClN3O4S/c1-7-23(26(33)29-27(3,4)5)30(19-21-14-9-10-15-22(21)28)25(32)17-12-18-31(36(6,34)35)24-16-11-8-13-20(24)2/h8-11,13-16,23H,7,12,17-19H2,1-6H3,(H,29,33)/t23-/m1/s1. The van der Waals surface area contributed by atoms with Crippen LogP contribution in [0.5, 0.6) is 0 Å². The highest BCUT2D eigenvalue weighted by molar-refractivity contribution is 7.92. The number of nitrogens with one attached hydrogen (secondary N) is 1. The first-order chi connectivity index (χ1) is 16.7. The normalized spacial score (nSPS) is 12.6. The molecule has 36 heavy (non-hydrogen) atoms. The summed E-state index contributed by atoms with van der Waals surface area (Å²) in [5, 5.41) is 3.49. The van der Waals surface area contributed by atoms with Crippen molar-refractivity contribution in [3.63, 3.8) is 0 Å². The van der Waals surface area contributed by atoms with Gasteiger partial charge in [-0.1, -0.05) is 54.9 Å². The number of hydrogen-bond acceptors (Lipinski definition) is 4. The topological polar surface area (TPSA) is 86.8 Å². The Balaban J connectivity index is 2.26. The van der Waals surface area contributed by atoms with Gasteiger partial charge in [0.25, 0.3) is 0 Å². The minimum Gasteiger partial charge on any atom is -0.350 e. The van der Waals surface area contributed by atoms with Gasteiger partial charge in [-0.2, -0.15) is 0 Å². The van der Waals surface area contributed by atoms with E-state index in [1.807, 2.05) is 65.0 Å². The Hall–Kier alpha value is -2.58. The third-order valence-corrected chi connectivity index (χ3v) is 7.27. The van der Waals surface area contributed by atoms with Crippen molar-refractivity contribution < 1.29 is 18.0 Å². The Labute approximate surface area is 220 Å². The number of hydrogen-bond donors (Lipinski definition) is 1. The lowest BCUT2D eigenvalue weighted by Crippen LogP contribution is -2.53. The highest BCUT2D eigenvalue weighted by Crippen LogP contribution is 2.24. The van der Waals surface area contributed by atoms with E-state index in [1.165, 1.54) is 4.31 Å².